The molecule has 11 atom stereocenters. The van der Waals surface area contributed by atoms with Crippen LogP contribution in [0.15, 0.2) is 5.16 Å². The van der Waals surface area contributed by atoms with E-state index in [-0.39, 0.29) is 31.8 Å². The Morgan fingerprint density at radius 3 is 1.22 bits per heavy atom. The molecule has 4 rings (SSSR count). The van der Waals surface area contributed by atoms with Crippen LogP contribution in [0.1, 0.15) is 75.2 Å². The van der Waals surface area contributed by atoms with Crippen molar-refractivity contribution < 1.29 is 110 Å². The molecule has 4 fully saturated rings. The maximum Gasteiger partial charge on any atom is 0.326 e. The van der Waals surface area contributed by atoms with Crippen LogP contribution in [-0.4, -0.2) is 195 Å². The number of ether oxygens (including phenoxy) is 2. The number of imide groups is 1. The van der Waals surface area contributed by atoms with Crippen LogP contribution >= 0.6 is 23.5 Å². The summed E-state index contributed by atoms with van der Waals surface area (Å²) in [5.74, 6) is -0.460. The molecule has 0 aliphatic carbocycles. The van der Waals surface area contributed by atoms with Crippen molar-refractivity contribution in [1.29, 1.82) is 0 Å². The number of amides is 5. The zero-order valence-corrected chi connectivity index (χ0v) is 43.4. The molecule has 5 amide bonds. The van der Waals surface area contributed by atoms with Gasteiger partial charge >= 0.3 is 12.1 Å². The summed E-state index contributed by atoms with van der Waals surface area (Å²) in [7, 11) is -17.1. The zero-order valence-electron chi connectivity index (χ0n) is 40.7. The van der Waals surface area contributed by atoms with Crippen LogP contribution in [0.5, 0.6) is 0 Å². The molecule has 0 saturated carbocycles. The second kappa shape index (κ2) is 31.2. The summed E-state index contributed by atoms with van der Waals surface area (Å²) >= 11 is 0. The molecule has 4 saturated heterocycles. The van der Waals surface area contributed by atoms with E-state index in [9.17, 15) is 63.2 Å². The van der Waals surface area contributed by atoms with Crippen LogP contribution < -0.4 is 40.0 Å². The van der Waals surface area contributed by atoms with Crippen molar-refractivity contribution in [2.24, 2.45) is 5.16 Å². The lowest BCUT2D eigenvalue weighted by molar-refractivity contribution is -0.894. The average Bonchev–Trinajstić information content (AvgIpc) is 3.72. The van der Waals surface area contributed by atoms with E-state index >= 15 is 0 Å². The van der Waals surface area contributed by atoms with Crippen LogP contribution in [0.4, 0.5) is 9.59 Å². The highest BCUT2D eigenvalue weighted by Gasteiger charge is 2.50. The van der Waals surface area contributed by atoms with Crippen molar-refractivity contribution >= 4 is 47.3 Å². The topological polar surface area (TPSA) is 373 Å². The monoisotopic (exact) mass is 1050 g/mol. The minimum absolute atomic E-state index is 0.0714. The number of nitrogens with zero attached hydrogens (tertiary/aromatic N) is 3. The Kier molecular flexibility index (Phi) is 29.3. The average molecular weight is 1050 g/mol. The molecule has 68 heavy (non-hydrogen) atoms. The molecule has 4 heterocycles. The number of hydrogen-bond acceptors (Lipinski definition) is 21. The third-order valence-electron chi connectivity index (χ3n) is 11.4. The smallest absolute Gasteiger partial charge is 0.326 e. The molecule has 28 nitrogen and oxygen atoms in total. The second-order valence-electron chi connectivity index (χ2n) is 15.5. The predicted octanol–water partition coefficient (Wildman–Crippen LogP) is -5.54. The van der Waals surface area contributed by atoms with Gasteiger partial charge in [-0.05, 0) is 62.3 Å². The lowest BCUT2D eigenvalue weighted by atomic mass is 10.1. The van der Waals surface area contributed by atoms with Crippen molar-refractivity contribution in [3.05, 3.63) is 0 Å². The van der Waals surface area contributed by atoms with Gasteiger partial charge in [-0.15, -0.1) is 0 Å². The Hall–Kier alpha value is -2.27. The van der Waals surface area contributed by atoms with Crippen LogP contribution in [0, 0.1) is 0 Å². The Morgan fingerprint density at radius 2 is 0.926 bits per heavy atom. The number of phosphoric acid groups is 3. The number of aliphatic hydroxyl groups is 4. The number of rotatable bonds is 22. The number of quaternary nitrogens is 3. The maximum absolute atomic E-state index is 12.3. The number of aliphatic hydroxyl groups excluding tert-OH is 4. The third-order valence-corrected chi connectivity index (χ3v) is 15.5. The number of urea groups is 2. The van der Waals surface area contributed by atoms with Gasteiger partial charge in [-0.1, -0.05) is 5.16 Å². The van der Waals surface area contributed by atoms with Gasteiger partial charge in [-0.2, -0.15) is 0 Å². The summed E-state index contributed by atoms with van der Waals surface area (Å²) in [6, 6.07) is -1.79. The summed E-state index contributed by atoms with van der Waals surface area (Å²) in [5, 5.41) is 48.8. The van der Waals surface area contributed by atoms with E-state index in [1.54, 1.807) is 14.7 Å². The van der Waals surface area contributed by atoms with Crippen molar-refractivity contribution in [3.8, 4) is 0 Å². The van der Waals surface area contributed by atoms with Gasteiger partial charge < -0.3 is 73.2 Å². The molecule has 4 aliphatic rings. The lowest BCUT2D eigenvalue weighted by Gasteiger charge is -2.35. The summed E-state index contributed by atoms with van der Waals surface area (Å²) in [5.41, 5.74) is 0. The third kappa shape index (κ3) is 21.2. The highest BCUT2D eigenvalue weighted by molar-refractivity contribution is 7.65. The number of hydrogen-bond donors (Lipinski definition) is 9. The number of nitrogens with one attached hydrogen (secondary N) is 5. The van der Waals surface area contributed by atoms with E-state index in [2.05, 4.69) is 95.3 Å². The molecule has 4 aliphatic heterocycles. The molecule has 0 bridgehead atoms. The molecule has 400 valence electrons. The summed E-state index contributed by atoms with van der Waals surface area (Å²) in [6.07, 6.45) is -13.8. The maximum atomic E-state index is 12.3. The van der Waals surface area contributed by atoms with Gasteiger partial charge in [0, 0.05) is 25.9 Å². The van der Waals surface area contributed by atoms with E-state index in [1.807, 2.05) is 5.32 Å². The van der Waals surface area contributed by atoms with E-state index in [1.165, 1.54) is 66.0 Å². The zero-order chi connectivity index (χ0) is 52.0. The lowest BCUT2D eigenvalue weighted by Crippen LogP contribution is -3.11. The molecule has 9 N–H and O–H groups in total. The molecule has 0 aromatic rings. The van der Waals surface area contributed by atoms with Crippen molar-refractivity contribution in [3.63, 3.8) is 0 Å². The second-order valence-corrected chi connectivity index (χ2v) is 20.0. The highest BCUT2D eigenvalue weighted by Crippen LogP contribution is 2.63. The fourth-order valence-electron chi connectivity index (χ4n) is 6.96. The molecule has 31 heteroatoms. The SMILES string of the molecule is CC[NH+](CC)CC.CC[NH+](CC)CC.CC[NH+](CC)CC.CO/N=C1/CCN([C@@H]2O[C@H](COP(=O)([O-])OP(=O)([O-])OP(=O)([O-])OC[C@@H]3O[C@H](N4CCC(=O)NC4=O)[C@@H](O)[C@H]3O)[C@@H](O)[C@H]2O)C(=O)N1. The summed E-state index contributed by atoms with van der Waals surface area (Å²) < 4.78 is 63.0. The van der Waals surface area contributed by atoms with E-state index in [4.69, 9.17) is 9.47 Å². The van der Waals surface area contributed by atoms with Crippen molar-refractivity contribution in [1.82, 2.24) is 20.4 Å². The molecule has 0 spiro atoms. The van der Waals surface area contributed by atoms with Crippen LogP contribution in [0.25, 0.3) is 0 Å². The minimum atomic E-state index is -6.35. The molecule has 0 aromatic carbocycles. The standard InChI is InChI=1S/C19H32N5O20P3.3C6H15N/c1-38-22-10-2-4-23(18(30)20-10)16-14(28)12(26)8(41-16)6-39-45(32,33)43-47(36,37)44-46(34,35)40-7-9-13(27)15(29)17(42-9)24-5-3-11(25)21-19(24)31;3*1-4-7(5-2)6-3/h8-9,12-17,26-29H,2-7H2,1H3,(H,32,33)(H,34,35)(H,36,37)(H,20,22,30)(H,21,25,31);3*4-6H2,1-3H3/t8-,9+,12-,13+,14-,15+,16-,17+;;;/m1.../s1. The molecule has 0 aromatic heterocycles. The van der Waals surface area contributed by atoms with E-state index in [0.29, 0.717) is 0 Å². The fourth-order valence-corrected chi connectivity index (χ4v) is 10.3. The van der Waals surface area contributed by atoms with Crippen LogP contribution in [-0.2, 0) is 50.5 Å². The Labute approximate surface area is 398 Å². The predicted molar refractivity (Wildman–Crippen MR) is 235 cm³/mol. The Bertz CT molecular complexity index is 1650. The quantitative estimate of drug-likeness (QED) is 0.0361. The summed E-state index contributed by atoms with van der Waals surface area (Å²) in [6.45, 7) is 28.8. The number of carbonyl (C=O) groups is 3. The van der Waals surface area contributed by atoms with Gasteiger partial charge in [0.1, 0.15) is 43.7 Å². The van der Waals surface area contributed by atoms with Crippen molar-refractivity contribution in [2.45, 2.75) is 124 Å². The number of carbonyl (C=O) groups excluding carboxylic acids is 3. The largest absolute Gasteiger partial charge is 0.756 e. The molecular formula is C37H77N8O20P3. The molecule has 0 radical (unpaired) electrons. The molecule has 3 unspecified atom stereocenters. The molecular weight excluding hydrogens is 969 g/mol. The first-order valence-corrected chi connectivity index (χ1v) is 27.2. The van der Waals surface area contributed by atoms with Gasteiger partial charge in [0.15, 0.2) is 18.3 Å². The van der Waals surface area contributed by atoms with Crippen molar-refractivity contribution in [2.75, 3.05) is 92.3 Å². The Morgan fingerprint density at radius 1 is 0.588 bits per heavy atom. The van der Waals surface area contributed by atoms with E-state index in [0.717, 1.165) is 9.80 Å². The number of phosphoric ester groups is 2. The van der Waals surface area contributed by atoms with Gasteiger partial charge in [-0.25, -0.2) is 18.2 Å². The first kappa shape index (κ1) is 63.7. The Balaban J connectivity index is 0.000000910. The van der Waals surface area contributed by atoms with Crippen LogP contribution in [0.3, 0.4) is 0 Å². The van der Waals surface area contributed by atoms with E-state index < -0.39 is 104 Å². The van der Waals surface area contributed by atoms with Crippen LogP contribution in [0.2, 0.25) is 0 Å². The highest BCUT2D eigenvalue weighted by atomic mass is 31.3. The normalized spacial score (nSPS) is 28.4. The fraction of sp³-hybridized carbons (Fsp3) is 0.892. The van der Waals surface area contributed by atoms with Gasteiger partial charge in [0.05, 0.1) is 72.1 Å². The van der Waals surface area contributed by atoms with Gasteiger partial charge in [0.25, 0.3) is 23.5 Å². The first-order valence-electron chi connectivity index (χ1n) is 22.8. The number of oxime groups is 1. The number of amidine groups is 1. The minimum Gasteiger partial charge on any atom is -0.756 e. The van der Waals surface area contributed by atoms with Gasteiger partial charge in [-0.3, -0.25) is 38.9 Å². The van der Waals surface area contributed by atoms with Gasteiger partial charge in [0.2, 0.25) is 5.91 Å². The first-order chi connectivity index (χ1) is 31.9. The summed E-state index contributed by atoms with van der Waals surface area (Å²) in [4.78, 5) is 83.4.